The molecule has 0 spiro atoms. The summed E-state index contributed by atoms with van der Waals surface area (Å²) in [4.78, 5) is 29.6. The van der Waals surface area contributed by atoms with Gasteiger partial charge in [0.1, 0.15) is 5.82 Å². The molecule has 7 heteroatoms. The van der Waals surface area contributed by atoms with Gasteiger partial charge in [0.15, 0.2) is 0 Å². The van der Waals surface area contributed by atoms with Crippen molar-refractivity contribution >= 4 is 11.6 Å². The van der Waals surface area contributed by atoms with Crippen LogP contribution in [0.5, 0.6) is 0 Å². The maximum Gasteiger partial charge on any atom is 0.269 e. The smallest absolute Gasteiger partial charge is 0.269 e. The molecule has 0 saturated heterocycles. The zero-order valence-corrected chi connectivity index (χ0v) is 11.8. The Labute approximate surface area is 121 Å². The largest absolute Gasteiger partial charge is 0.347 e. The molecule has 2 N–H and O–H groups in total. The molecule has 0 aliphatic carbocycles. The number of benzene rings is 1. The minimum atomic E-state index is -0.480. The second-order valence-corrected chi connectivity index (χ2v) is 4.67. The van der Waals surface area contributed by atoms with Crippen molar-refractivity contribution in [2.45, 2.75) is 26.3 Å². The number of non-ortho nitro benzene ring substituents is 1. The van der Waals surface area contributed by atoms with Crippen LogP contribution in [0.2, 0.25) is 0 Å². The summed E-state index contributed by atoms with van der Waals surface area (Å²) in [6.07, 6.45) is 4.01. The number of amides is 1. The lowest BCUT2D eigenvalue weighted by atomic mass is 10.1. The minimum absolute atomic E-state index is 0.0258. The highest BCUT2D eigenvalue weighted by molar-refractivity contribution is 5.96. The number of nitro groups is 1. The van der Waals surface area contributed by atoms with Gasteiger partial charge in [-0.25, -0.2) is 4.98 Å². The van der Waals surface area contributed by atoms with Crippen molar-refractivity contribution in [1.82, 2.24) is 15.3 Å². The van der Waals surface area contributed by atoms with Crippen molar-refractivity contribution in [2.24, 2.45) is 0 Å². The van der Waals surface area contributed by atoms with E-state index in [0.29, 0.717) is 23.4 Å². The van der Waals surface area contributed by atoms with E-state index in [-0.39, 0.29) is 17.6 Å². The zero-order valence-electron chi connectivity index (χ0n) is 11.8. The van der Waals surface area contributed by atoms with Crippen molar-refractivity contribution in [1.29, 1.82) is 0 Å². The number of carbonyl (C=O) groups excluding carboxylic acids is 1. The molecule has 1 aromatic heterocycles. The van der Waals surface area contributed by atoms with E-state index >= 15 is 0 Å². The number of nitrogens with one attached hydrogen (secondary N) is 2. The van der Waals surface area contributed by atoms with Crippen LogP contribution < -0.4 is 5.32 Å². The molecule has 0 radical (unpaired) electrons. The number of nitrogens with zero attached hydrogens (tertiary/aromatic N) is 2. The number of rotatable bonds is 5. The summed E-state index contributed by atoms with van der Waals surface area (Å²) in [5, 5.41) is 13.6. The lowest BCUT2D eigenvalue weighted by molar-refractivity contribution is -0.384. The zero-order chi connectivity index (χ0) is 15.4. The topological polar surface area (TPSA) is 101 Å². The monoisotopic (exact) mass is 288 g/mol. The van der Waals surface area contributed by atoms with E-state index in [9.17, 15) is 14.9 Å². The fraction of sp³-hybridized carbons (Fsp3) is 0.286. The van der Waals surface area contributed by atoms with Crippen LogP contribution in [-0.2, 0) is 0 Å². The summed E-state index contributed by atoms with van der Waals surface area (Å²) in [5.74, 6) is 0.413. The number of aromatic nitrogens is 2. The first kappa shape index (κ1) is 14.7. The van der Waals surface area contributed by atoms with Gasteiger partial charge in [0.25, 0.3) is 11.6 Å². The predicted molar refractivity (Wildman–Crippen MR) is 76.9 cm³/mol. The molecule has 21 heavy (non-hydrogen) atoms. The van der Waals surface area contributed by atoms with Gasteiger partial charge in [-0.1, -0.05) is 6.92 Å². The van der Waals surface area contributed by atoms with E-state index in [4.69, 9.17) is 0 Å². The summed E-state index contributed by atoms with van der Waals surface area (Å²) in [7, 11) is 0. The quantitative estimate of drug-likeness (QED) is 0.652. The van der Waals surface area contributed by atoms with E-state index in [2.05, 4.69) is 15.3 Å². The number of aryl methyl sites for hydroxylation is 1. The Kier molecular flexibility index (Phi) is 4.32. The van der Waals surface area contributed by atoms with E-state index in [1.54, 1.807) is 19.3 Å². The summed E-state index contributed by atoms with van der Waals surface area (Å²) in [5.41, 5.74) is 0.962. The number of nitro benzene ring substituents is 1. The van der Waals surface area contributed by atoms with Crippen LogP contribution in [0.15, 0.2) is 30.6 Å². The third kappa shape index (κ3) is 3.25. The van der Waals surface area contributed by atoms with E-state index in [1.807, 2.05) is 6.92 Å². The normalized spacial score (nSPS) is 11.9. The van der Waals surface area contributed by atoms with Crippen molar-refractivity contribution < 1.29 is 9.72 Å². The molecule has 0 bridgehead atoms. The Balaban J connectivity index is 2.18. The molecule has 0 aliphatic heterocycles. The summed E-state index contributed by atoms with van der Waals surface area (Å²) in [6.45, 7) is 3.62. The molecule has 1 aromatic carbocycles. The van der Waals surface area contributed by atoms with Crippen LogP contribution >= 0.6 is 0 Å². The Morgan fingerprint density at radius 2 is 2.29 bits per heavy atom. The molecule has 1 heterocycles. The summed E-state index contributed by atoms with van der Waals surface area (Å²) in [6, 6.07) is 3.97. The van der Waals surface area contributed by atoms with Gasteiger partial charge < -0.3 is 10.3 Å². The van der Waals surface area contributed by atoms with Crippen molar-refractivity contribution in [3.63, 3.8) is 0 Å². The first-order valence-electron chi connectivity index (χ1n) is 6.58. The van der Waals surface area contributed by atoms with E-state index < -0.39 is 4.92 Å². The van der Waals surface area contributed by atoms with Crippen molar-refractivity contribution in [2.75, 3.05) is 0 Å². The highest BCUT2D eigenvalue weighted by Gasteiger charge is 2.18. The van der Waals surface area contributed by atoms with Gasteiger partial charge in [-0.2, -0.15) is 0 Å². The molecule has 110 valence electrons. The minimum Gasteiger partial charge on any atom is -0.347 e. The fourth-order valence-electron chi connectivity index (χ4n) is 2.08. The molecule has 0 saturated carbocycles. The standard InChI is InChI=1S/C14H16N4O3/c1-3-12(13-15-6-7-16-13)17-14(19)11-5-4-10(18(20)21)8-9(11)2/h4-8,12H,3H2,1-2H3,(H,15,16)(H,17,19). The fourth-order valence-corrected chi connectivity index (χ4v) is 2.08. The molecule has 0 fully saturated rings. The third-order valence-electron chi connectivity index (χ3n) is 3.23. The second-order valence-electron chi connectivity index (χ2n) is 4.67. The Morgan fingerprint density at radius 1 is 1.52 bits per heavy atom. The highest BCUT2D eigenvalue weighted by Crippen LogP contribution is 2.19. The van der Waals surface area contributed by atoms with Crippen LogP contribution in [0, 0.1) is 17.0 Å². The molecule has 1 atom stereocenters. The van der Waals surface area contributed by atoms with Gasteiger partial charge in [0, 0.05) is 30.1 Å². The van der Waals surface area contributed by atoms with Crippen LogP contribution in [0.4, 0.5) is 5.69 Å². The molecular weight excluding hydrogens is 272 g/mol. The summed E-state index contributed by atoms with van der Waals surface area (Å²) >= 11 is 0. The first-order chi connectivity index (χ1) is 10.0. The molecule has 2 aromatic rings. The molecule has 0 aliphatic rings. The van der Waals surface area contributed by atoms with Crippen LogP contribution in [0.3, 0.4) is 0 Å². The van der Waals surface area contributed by atoms with Crippen molar-refractivity contribution in [3.8, 4) is 0 Å². The molecule has 1 unspecified atom stereocenters. The number of imidazole rings is 1. The van der Waals surface area contributed by atoms with Crippen LogP contribution in [-0.4, -0.2) is 20.8 Å². The van der Waals surface area contributed by atoms with Gasteiger partial charge in [-0.05, 0) is 25.0 Å². The molecular formula is C14H16N4O3. The lowest BCUT2D eigenvalue weighted by Crippen LogP contribution is -2.29. The van der Waals surface area contributed by atoms with Crippen molar-refractivity contribution in [3.05, 3.63) is 57.7 Å². The van der Waals surface area contributed by atoms with E-state index in [0.717, 1.165) is 0 Å². The first-order valence-corrected chi connectivity index (χ1v) is 6.58. The Hall–Kier alpha value is -2.70. The Morgan fingerprint density at radius 3 is 2.81 bits per heavy atom. The molecule has 7 nitrogen and oxygen atoms in total. The van der Waals surface area contributed by atoms with Gasteiger partial charge in [-0.3, -0.25) is 14.9 Å². The van der Waals surface area contributed by atoms with Gasteiger partial charge >= 0.3 is 0 Å². The Bertz CT molecular complexity index is 652. The maximum atomic E-state index is 12.3. The van der Waals surface area contributed by atoms with Crippen LogP contribution in [0.25, 0.3) is 0 Å². The molecule has 2 rings (SSSR count). The number of hydrogen-bond acceptors (Lipinski definition) is 4. The van der Waals surface area contributed by atoms with Gasteiger partial charge in [-0.15, -0.1) is 0 Å². The van der Waals surface area contributed by atoms with E-state index in [1.165, 1.54) is 18.2 Å². The number of hydrogen-bond donors (Lipinski definition) is 2. The number of carbonyl (C=O) groups is 1. The van der Waals surface area contributed by atoms with Gasteiger partial charge in [0.2, 0.25) is 0 Å². The third-order valence-corrected chi connectivity index (χ3v) is 3.23. The average Bonchev–Trinajstić information content (AvgIpc) is 2.98. The predicted octanol–water partition coefficient (Wildman–Crippen LogP) is 2.51. The summed E-state index contributed by atoms with van der Waals surface area (Å²) < 4.78 is 0. The van der Waals surface area contributed by atoms with Crippen LogP contribution in [0.1, 0.15) is 41.1 Å². The average molecular weight is 288 g/mol. The highest BCUT2D eigenvalue weighted by atomic mass is 16.6. The SMILES string of the molecule is CCC(NC(=O)c1ccc([N+](=O)[O-])cc1C)c1ncc[nH]1. The maximum absolute atomic E-state index is 12.3. The van der Waals surface area contributed by atoms with Gasteiger partial charge in [0.05, 0.1) is 11.0 Å². The number of H-pyrrole nitrogens is 1. The molecule has 1 amide bonds. The number of aromatic amines is 1. The second kappa shape index (κ2) is 6.17. The lowest BCUT2D eigenvalue weighted by Gasteiger charge is -2.15.